The predicted molar refractivity (Wildman–Crippen MR) is 112 cm³/mol. The summed E-state index contributed by atoms with van der Waals surface area (Å²) in [7, 11) is 0. The van der Waals surface area contributed by atoms with Gasteiger partial charge in [-0.1, -0.05) is 38.3 Å². The van der Waals surface area contributed by atoms with E-state index >= 15 is 0 Å². The average molecular weight is 388 g/mol. The van der Waals surface area contributed by atoms with Gasteiger partial charge in [0.15, 0.2) is 5.11 Å². The van der Waals surface area contributed by atoms with Crippen LogP contribution in [0, 0.1) is 11.8 Å². The highest BCUT2D eigenvalue weighted by Crippen LogP contribution is 2.24. The Morgan fingerprint density at radius 1 is 1.04 bits per heavy atom. The highest BCUT2D eigenvalue weighted by molar-refractivity contribution is 7.80. The molecule has 1 aromatic carbocycles. The lowest BCUT2D eigenvalue weighted by atomic mass is 9.89. The number of thiocarbonyl (C=S) groups is 1. The quantitative estimate of drug-likeness (QED) is 0.771. The normalized spacial score (nSPS) is 18.8. The number of nitrogens with one attached hydrogen (secondary N) is 2. The average Bonchev–Trinajstić information content (AvgIpc) is 2.69. The maximum atomic E-state index is 12.9. The van der Waals surface area contributed by atoms with Gasteiger partial charge in [-0.25, -0.2) is 0 Å². The van der Waals surface area contributed by atoms with Crippen LogP contribution in [-0.4, -0.2) is 34.9 Å². The maximum absolute atomic E-state index is 12.9. The first-order valence-electron chi connectivity index (χ1n) is 10.0. The lowest BCUT2D eigenvalue weighted by Gasteiger charge is -2.31. The van der Waals surface area contributed by atoms with E-state index in [2.05, 4.69) is 17.6 Å². The second-order valence-corrected chi connectivity index (χ2v) is 8.21. The third kappa shape index (κ3) is 5.28. The van der Waals surface area contributed by atoms with Crippen LogP contribution in [0.2, 0.25) is 0 Å². The zero-order chi connectivity index (χ0) is 19.2. The molecule has 2 aliphatic rings. The van der Waals surface area contributed by atoms with Crippen molar-refractivity contribution in [1.82, 2.24) is 10.2 Å². The summed E-state index contributed by atoms with van der Waals surface area (Å²) in [6, 6.07) is 7.37. The van der Waals surface area contributed by atoms with E-state index in [0.29, 0.717) is 17.2 Å². The monoisotopic (exact) mass is 387 g/mol. The molecule has 2 fully saturated rings. The zero-order valence-electron chi connectivity index (χ0n) is 16.0. The molecule has 1 aliphatic heterocycles. The van der Waals surface area contributed by atoms with Gasteiger partial charge in [-0.3, -0.25) is 9.59 Å². The van der Waals surface area contributed by atoms with Crippen LogP contribution in [0.3, 0.4) is 0 Å². The minimum absolute atomic E-state index is 0.0129. The molecule has 1 aromatic rings. The maximum Gasteiger partial charge on any atom is 0.255 e. The zero-order valence-corrected chi connectivity index (χ0v) is 16.8. The van der Waals surface area contributed by atoms with Gasteiger partial charge in [-0.05, 0) is 56.0 Å². The second kappa shape index (κ2) is 9.31. The predicted octanol–water partition coefficient (Wildman–Crippen LogP) is 3.95. The van der Waals surface area contributed by atoms with Crippen LogP contribution >= 0.6 is 12.2 Å². The number of anilines is 1. The molecule has 2 N–H and O–H groups in total. The smallest absolute Gasteiger partial charge is 0.255 e. The SMILES string of the molecule is CC1CCN(C(=O)c2ccccc2NC(=S)NC(=O)C2CCCCC2)CC1. The highest BCUT2D eigenvalue weighted by atomic mass is 32.1. The van der Waals surface area contributed by atoms with Crippen molar-refractivity contribution < 1.29 is 9.59 Å². The van der Waals surface area contributed by atoms with Gasteiger partial charge in [0.05, 0.1) is 11.3 Å². The van der Waals surface area contributed by atoms with E-state index < -0.39 is 0 Å². The summed E-state index contributed by atoms with van der Waals surface area (Å²) in [5.41, 5.74) is 1.25. The van der Waals surface area contributed by atoms with Gasteiger partial charge in [-0.15, -0.1) is 0 Å². The third-order valence-electron chi connectivity index (χ3n) is 5.69. The van der Waals surface area contributed by atoms with Gasteiger partial charge < -0.3 is 15.5 Å². The Hall–Kier alpha value is -1.95. The molecule has 6 heteroatoms. The van der Waals surface area contributed by atoms with E-state index in [4.69, 9.17) is 12.2 Å². The van der Waals surface area contributed by atoms with Crippen molar-refractivity contribution in [2.75, 3.05) is 18.4 Å². The minimum atomic E-state index is -0.0129. The first kappa shape index (κ1) is 19.8. The number of benzene rings is 1. The van der Waals surface area contributed by atoms with Gasteiger partial charge in [0.2, 0.25) is 5.91 Å². The fourth-order valence-corrected chi connectivity index (χ4v) is 4.10. The van der Waals surface area contributed by atoms with E-state index in [9.17, 15) is 9.59 Å². The molecule has 0 atom stereocenters. The van der Waals surface area contributed by atoms with Gasteiger partial charge >= 0.3 is 0 Å². The largest absolute Gasteiger partial charge is 0.339 e. The number of hydrogen-bond donors (Lipinski definition) is 2. The van der Waals surface area contributed by atoms with Crippen LogP contribution < -0.4 is 10.6 Å². The van der Waals surface area contributed by atoms with Crippen LogP contribution in [0.1, 0.15) is 62.2 Å². The van der Waals surface area contributed by atoms with Crippen LogP contribution in [0.25, 0.3) is 0 Å². The van der Waals surface area contributed by atoms with E-state index in [-0.39, 0.29) is 22.8 Å². The molecular weight excluding hydrogens is 358 g/mol. The molecule has 1 heterocycles. The number of nitrogens with zero attached hydrogens (tertiary/aromatic N) is 1. The molecule has 146 valence electrons. The van der Waals surface area contributed by atoms with Crippen molar-refractivity contribution >= 4 is 34.8 Å². The van der Waals surface area contributed by atoms with Crippen LogP contribution in [0.4, 0.5) is 5.69 Å². The number of carbonyl (C=O) groups excluding carboxylic acids is 2. The molecular formula is C21H29N3O2S. The number of likely N-dealkylation sites (tertiary alicyclic amines) is 1. The molecule has 1 aliphatic carbocycles. The standard InChI is InChI=1S/C21H29N3O2S/c1-15-11-13-24(14-12-15)20(26)17-9-5-6-10-18(17)22-21(27)23-19(25)16-7-3-2-4-8-16/h5-6,9-10,15-16H,2-4,7-8,11-14H2,1H3,(H2,22,23,25,27). The van der Waals surface area contributed by atoms with Crippen molar-refractivity contribution in [3.63, 3.8) is 0 Å². The minimum Gasteiger partial charge on any atom is -0.339 e. The van der Waals surface area contributed by atoms with E-state index in [0.717, 1.165) is 51.6 Å². The van der Waals surface area contributed by atoms with E-state index in [1.165, 1.54) is 6.42 Å². The van der Waals surface area contributed by atoms with Gasteiger partial charge in [0.1, 0.15) is 0 Å². The highest BCUT2D eigenvalue weighted by Gasteiger charge is 2.24. The first-order chi connectivity index (χ1) is 13.0. The summed E-state index contributed by atoms with van der Waals surface area (Å²) in [6.07, 6.45) is 7.34. The Morgan fingerprint density at radius 3 is 2.41 bits per heavy atom. The first-order valence-corrected chi connectivity index (χ1v) is 10.5. The van der Waals surface area contributed by atoms with Crippen molar-refractivity contribution in [2.24, 2.45) is 11.8 Å². The Morgan fingerprint density at radius 2 is 1.70 bits per heavy atom. The molecule has 0 aromatic heterocycles. The molecule has 1 saturated heterocycles. The van der Waals surface area contributed by atoms with Crippen LogP contribution in [-0.2, 0) is 4.79 Å². The Labute approximate surface area is 166 Å². The molecule has 27 heavy (non-hydrogen) atoms. The fourth-order valence-electron chi connectivity index (χ4n) is 3.89. The molecule has 0 spiro atoms. The van der Waals surface area contributed by atoms with E-state index in [1.807, 2.05) is 29.2 Å². The molecule has 5 nitrogen and oxygen atoms in total. The second-order valence-electron chi connectivity index (χ2n) is 7.80. The molecule has 0 unspecified atom stereocenters. The fraction of sp³-hybridized carbons (Fsp3) is 0.571. The summed E-state index contributed by atoms with van der Waals surface area (Å²) < 4.78 is 0. The number of para-hydroxylation sites is 1. The summed E-state index contributed by atoms with van der Waals surface area (Å²) in [4.78, 5) is 27.2. The Kier molecular flexibility index (Phi) is 6.83. The Balaban J connectivity index is 1.62. The molecule has 3 rings (SSSR count). The third-order valence-corrected chi connectivity index (χ3v) is 5.89. The number of carbonyl (C=O) groups is 2. The topological polar surface area (TPSA) is 61.4 Å². The van der Waals surface area contributed by atoms with Crippen LogP contribution in [0.15, 0.2) is 24.3 Å². The van der Waals surface area contributed by atoms with Crippen molar-refractivity contribution in [3.8, 4) is 0 Å². The van der Waals surface area contributed by atoms with Crippen molar-refractivity contribution in [3.05, 3.63) is 29.8 Å². The van der Waals surface area contributed by atoms with Gasteiger partial charge in [0, 0.05) is 19.0 Å². The Bertz CT molecular complexity index is 692. The van der Waals surface area contributed by atoms with Crippen molar-refractivity contribution in [1.29, 1.82) is 0 Å². The van der Waals surface area contributed by atoms with E-state index in [1.54, 1.807) is 0 Å². The lowest BCUT2D eigenvalue weighted by molar-refractivity contribution is -0.124. The number of piperidine rings is 1. The number of hydrogen-bond acceptors (Lipinski definition) is 3. The van der Waals surface area contributed by atoms with Crippen molar-refractivity contribution in [2.45, 2.75) is 51.9 Å². The summed E-state index contributed by atoms with van der Waals surface area (Å²) in [5.74, 6) is 0.725. The lowest BCUT2D eigenvalue weighted by Crippen LogP contribution is -2.40. The number of amides is 2. The van der Waals surface area contributed by atoms with Gasteiger partial charge in [0.25, 0.3) is 5.91 Å². The summed E-state index contributed by atoms with van der Waals surface area (Å²) in [5, 5.41) is 6.13. The van der Waals surface area contributed by atoms with Crippen LogP contribution in [0.5, 0.6) is 0 Å². The molecule has 0 radical (unpaired) electrons. The molecule has 2 amide bonds. The molecule has 1 saturated carbocycles. The van der Waals surface area contributed by atoms with Gasteiger partial charge in [-0.2, -0.15) is 0 Å². The summed E-state index contributed by atoms with van der Waals surface area (Å²) >= 11 is 5.33. The molecule has 0 bridgehead atoms. The number of rotatable bonds is 3. The summed E-state index contributed by atoms with van der Waals surface area (Å²) in [6.45, 7) is 3.80.